The molecule has 0 bridgehead atoms. The number of hydrogen-bond acceptors (Lipinski definition) is 4. The maximum atomic E-state index is 11.1. The lowest BCUT2D eigenvalue weighted by atomic mass is 9.73. The van der Waals surface area contributed by atoms with E-state index < -0.39 is 5.60 Å². The SMILES string of the molecule is CC(C)(C)C(O)(CCc1ccc(Cl)cc1)Cn1cncn1.CCO[SiH3]. The van der Waals surface area contributed by atoms with Crippen LogP contribution >= 0.6 is 11.6 Å². The first-order chi connectivity index (χ1) is 11.7. The molecule has 25 heavy (non-hydrogen) atoms. The molecule has 0 fully saturated rings. The Labute approximate surface area is 158 Å². The van der Waals surface area contributed by atoms with E-state index in [9.17, 15) is 5.11 Å². The van der Waals surface area contributed by atoms with Crippen molar-refractivity contribution in [2.45, 2.75) is 52.7 Å². The average Bonchev–Trinajstić information content (AvgIpc) is 3.06. The van der Waals surface area contributed by atoms with Gasteiger partial charge in [-0.05, 0) is 42.9 Å². The summed E-state index contributed by atoms with van der Waals surface area (Å²) in [6, 6.07) is 7.76. The Hall–Kier alpha value is -1.21. The Bertz CT molecular complexity index is 598. The van der Waals surface area contributed by atoms with Crippen molar-refractivity contribution in [3.05, 3.63) is 47.5 Å². The highest BCUT2D eigenvalue weighted by molar-refractivity contribution is 6.30. The summed E-state index contributed by atoms with van der Waals surface area (Å²) in [4.78, 5) is 3.94. The summed E-state index contributed by atoms with van der Waals surface area (Å²) in [6.45, 7) is 9.45. The molecule has 0 saturated heterocycles. The van der Waals surface area contributed by atoms with E-state index in [1.807, 2.05) is 52.0 Å². The molecule has 0 saturated carbocycles. The first-order valence-electron chi connectivity index (χ1n) is 8.50. The Morgan fingerprint density at radius 3 is 2.28 bits per heavy atom. The monoisotopic (exact) mass is 383 g/mol. The van der Waals surface area contributed by atoms with Crippen LogP contribution in [0, 0.1) is 5.41 Å². The second-order valence-corrected chi connectivity index (χ2v) is 8.09. The molecule has 5 nitrogen and oxygen atoms in total. The maximum Gasteiger partial charge on any atom is 0.145 e. The van der Waals surface area contributed by atoms with Crippen LogP contribution in [0.5, 0.6) is 0 Å². The van der Waals surface area contributed by atoms with Crippen LogP contribution in [-0.4, -0.2) is 42.6 Å². The maximum absolute atomic E-state index is 11.1. The summed E-state index contributed by atoms with van der Waals surface area (Å²) < 4.78 is 6.37. The quantitative estimate of drug-likeness (QED) is 0.779. The number of rotatable bonds is 6. The van der Waals surface area contributed by atoms with Gasteiger partial charge in [-0.1, -0.05) is 44.5 Å². The van der Waals surface area contributed by atoms with Gasteiger partial charge in [0.05, 0.1) is 12.1 Å². The molecule has 0 aliphatic rings. The first kappa shape index (κ1) is 21.8. The number of aryl methyl sites for hydroxylation is 1. The van der Waals surface area contributed by atoms with Gasteiger partial charge in [-0.25, -0.2) is 4.98 Å². The topological polar surface area (TPSA) is 60.2 Å². The highest BCUT2D eigenvalue weighted by atomic mass is 35.5. The van der Waals surface area contributed by atoms with Gasteiger partial charge >= 0.3 is 0 Å². The lowest BCUT2D eigenvalue weighted by molar-refractivity contribution is -0.0796. The second kappa shape index (κ2) is 10.1. The summed E-state index contributed by atoms with van der Waals surface area (Å²) in [6.07, 6.45) is 4.57. The highest BCUT2D eigenvalue weighted by Crippen LogP contribution is 2.35. The van der Waals surface area contributed by atoms with Gasteiger partial charge in [0.25, 0.3) is 0 Å². The molecule has 7 heteroatoms. The molecule has 140 valence electrons. The minimum absolute atomic E-state index is 0.259. The molecule has 0 aliphatic carbocycles. The van der Waals surface area contributed by atoms with Crippen LogP contribution in [0.25, 0.3) is 0 Å². The van der Waals surface area contributed by atoms with Crippen LogP contribution in [0.2, 0.25) is 5.02 Å². The van der Waals surface area contributed by atoms with E-state index in [1.165, 1.54) is 11.9 Å². The predicted molar refractivity (Wildman–Crippen MR) is 106 cm³/mol. The Morgan fingerprint density at radius 1 is 1.24 bits per heavy atom. The lowest BCUT2D eigenvalue weighted by Gasteiger charge is -2.40. The van der Waals surface area contributed by atoms with Crippen molar-refractivity contribution < 1.29 is 9.53 Å². The third-order valence-corrected chi connectivity index (χ3v) is 5.14. The van der Waals surface area contributed by atoms with Gasteiger partial charge in [0.15, 0.2) is 0 Å². The fourth-order valence-corrected chi connectivity index (χ4v) is 2.40. The summed E-state index contributed by atoms with van der Waals surface area (Å²) in [5, 5.41) is 16.0. The summed E-state index contributed by atoms with van der Waals surface area (Å²) >= 11 is 5.90. The third-order valence-electron chi connectivity index (χ3n) is 4.32. The fraction of sp³-hybridized carbons (Fsp3) is 0.556. The van der Waals surface area contributed by atoms with Gasteiger partial charge in [-0.15, -0.1) is 0 Å². The van der Waals surface area contributed by atoms with Crippen LogP contribution in [0.15, 0.2) is 36.9 Å². The van der Waals surface area contributed by atoms with Gasteiger partial charge < -0.3 is 9.53 Å². The Morgan fingerprint density at radius 2 is 1.84 bits per heavy atom. The summed E-state index contributed by atoms with van der Waals surface area (Å²) in [5.41, 5.74) is 0.0479. The number of hydrogen-bond donors (Lipinski definition) is 1. The molecule has 1 aromatic carbocycles. The predicted octanol–water partition coefficient (Wildman–Crippen LogP) is 2.64. The zero-order chi connectivity index (χ0) is 18.9. The Kier molecular flexibility index (Phi) is 8.79. The van der Waals surface area contributed by atoms with Gasteiger partial charge in [-0.3, -0.25) is 4.68 Å². The van der Waals surface area contributed by atoms with E-state index >= 15 is 0 Å². The lowest BCUT2D eigenvalue weighted by Crippen LogP contribution is -2.47. The summed E-state index contributed by atoms with van der Waals surface area (Å²) in [5.74, 6) is 0. The van der Waals surface area contributed by atoms with Gasteiger partial charge in [0.1, 0.15) is 23.1 Å². The van der Waals surface area contributed by atoms with E-state index in [1.54, 1.807) is 11.0 Å². The van der Waals surface area contributed by atoms with Crippen molar-refractivity contribution >= 4 is 22.1 Å². The first-order valence-corrected chi connectivity index (χ1v) is 9.69. The number of aromatic nitrogens is 3. The summed E-state index contributed by atoms with van der Waals surface area (Å²) in [7, 11) is 0.890. The molecule has 0 spiro atoms. The van der Waals surface area contributed by atoms with E-state index in [0.29, 0.717) is 13.0 Å². The zero-order valence-electron chi connectivity index (χ0n) is 15.9. The molecule has 2 aromatic rings. The van der Waals surface area contributed by atoms with E-state index in [-0.39, 0.29) is 5.41 Å². The number of benzene rings is 1. The average molecular weight is 384 g/mol. The molecule has 0 aliphatic heterocycles. The van der Waals surface area contributed by atoms with Crippen molar-refractivity contribution in [3.8, 4) is 0 Å². The fourth-order valence-electron chi connectivity index (χ4n) is 2.28. The number of halogens is 1. The van der Waals surface area contributed by atoms with Gasteiger partial charge in [0.2, 0.25) is 0 Å². The largest absolute Gasteiger partial charge is 0.428 e. The molecule has 2 rings (SSSR count). The van der Waals surface area contributed by atoms with Crippen LogP contribution in [0.1, 0.15) is 39.7 Å². The normalized spacial score (nSPS) is 13.8. The van der Waals surface area contributed by atoms with E-state index in [4.69, 9.17) is 11.6 Å². The van der Waals surface area contributed by atoms with E-state index in [2.05, 4.69) is 14.5 Å². The second-order valence-electron chi connectivity index (χ2n) is 7.08. The minimum atomic E-state index is -0.861. The zero-order valence-corrected chi connectivity index (χ0v) is 18.6. The van der Waals surface area contributed by atoms with E-state index in [0.717, 1.165) is 28.5 Å². The van der Waals surface area contributed by atoms with Crippen molar-refractivity contribution in [2.75, 3.05) is 6.61 Å². The molecule has 0 amide bonds. The standard InChI is InChI=1S/C16H22ClN3O.C2H8OSi/c1-15(2,3)16(21,10-20-12-18-11-19-20)9-8-13-4-6-14(17)7-5-13;1-2-3-4/h4-7,11-12,21H,8-10H2,1-3H3;2H2,1,4H3. The molecular weight excluding hydrogens is 354 g/mol. The molecule has 0 radical (unpaired) electrons. The number of nitrogens with zero attached hydrogens (tertiary/aromatic N) is 3. The Balaban J connectivity index is 0.000000705. The van der Waals surface area contributed by atoms with Crippen molar-refractivity contribution in [1.82, 2.24) is 14.8 Å². The number of aliphatic hydroxyl groups is 1. The van der Waals surface area contributed by atoms with Crippen molar-refractivity contribution in [1.29, 1.82) is 0 Å². The van der Waals surface area contributed by atoms with Crippen LogP contribution in [0.3, 0.4) is 0 Å². The van der Waals surface area contributed by atoms with Gasteiger partial charge in [-0.2, -0.15) is 5.10 Å². The van der Waals surface area contributed by atoms with Crippen molar-refractivity contribution in [3.63, 3.8) is 0 Å². The van der Waals surface area contributed by atoms with Crippen molar-refractivity contribution in [2.24, 2.45) is 5.41 Å². The molecular formula is C18H30ClN3O2Si. The van der Waals surface area contributed by atoms with Crippen LogP contribution in [0.4, 0.5) is 0 Å². The smallest absolute Gasteiger partial charge is 0.145 e. The van der Waals surface area contributed by atoms with Gasteiger partial charge in [0, 0.05) is 11.6 Å². The highest BCUT2D eigenvalue weighted by Gasteiger charge is 2.40. The molecule has 1 unspecified atom stereocenters. The molecule has 1 heterocycles. The molecule has 1 aromatic heterocycles. The van der Waals surface area contributed by atoms with Crippen LogP contribution in [-0.2, 0) is 17.4 Å². The third kappa shape index (κ3) is 7.28. The van der Waals surface area contributed by atoms with Crippen LogP contribution < -0.4 is 0 Å². The molecule has 1 N–H and O–H groups in total. The minimum Gasteiger partial charge on any atom is -0.428 e. The molecule has 1 atom stereocenters.